The van der Waals surface area contributed by atoms with E-state index in [-0.39, 0.29) is 3.79 Å². The van der Waals surface area contributed by atoms with Gasteiger partial charge < -0.3 is 0 Å². The summed E-state index contributed by atoms with van der Waals surface area (Å²) < 4.78 is 2.33. The minimum absolute atomic E-state index is 0.111. The van der Waals surface area contributed by atoms with Crippen LogP contribution < -0.4 is 0 Å². The Morgan fingerprint density at radius 2 is 1.83 bits per heavy atom. The molecule has 4 heteroatoms. The first-order valence-electron chi connectivity index (χ1n) is 7.07. The van der Waals surface area contributed by atoms with Crippen LogP contribution in [0.1, 0.15) is 72.7 Å². The number of halogens is 1. The third-order valence-corrected chi connectivity index (χ3v) is 4.83. The second-order valence-electron chi connectivity index (χ2n) is 5.49. The summed E-state index contributed by atoms with van der Waals surface area (Å²) in [6.07, 6.45) is 11.1. The van der Waals surface area contributed by atoms with Crippen LogP contribution in [0.2, 0.25) is 0 Å². The highest BCUT2D eigenvalue weighted by Crippen LogP contribution is 2.33. The Morgan fingerprint density at radius 3 is 2.56 bits per heavy atom. The van der Waals surface area contributed by atoms with E-state index in [9.17, 15) is 4.79 Å². The quantitative estimate of drug-likeness (QED) is 0.595. The molecule has 1 saturated carbocycles. The van der Waals surface area contributed by atoms with Crippen molar-refractivity contribution in [2.75, 3.05) is 0 Å². The number of aromatic nitrogens is 2. The lowest BCUT2D eigenvalue weighted by Crippen LogP contribution is -2.18. The number of fused-ring (bicyclic) bond motifs is 1. The molecule has 2 aliphatic carbocycles. The molecule has 1 heterocycles. The standard InChI is InChI=1S/C14H19IN2O/c15-14(18)13-11-8-4-5-9-12(11)17(16-13)10-6-2-1-3-7-10/h10H,1-9H2. The summed E-state index contributed by atoms with van der Waals surface area (Å²) in [5, 5.41) is 4.67. The van der Waals surface area contributed by atoms with Gasteiger partial charge in [0, 0.05) is 33.8 Å². The fraction of sp³-hybridized carbons (Fsp3) is 0.714. The lowest BCUT2D eigenvalue weighted by Gasteiger charge is -2.25. The molecule has 18 heavy (non-hydrogen) atoms. The average molecular weight is 358 g/mol. The molecule has 98 valence electrons. The Balaban J connectivity index is 2.00. The Labute approximate surface area is 121 Å². The molecule has 3 rings (SSSR count). The zero-order chi connectivity index (χ0) is 12.5. The van der Waals surface area contributed by atoms with Crippen molar-refractivity contribution in [3.8, 4) is 0 Å². The van der Waals surface area contributed by atoms with E-state index in [1.165, 1.54) is 56.2 Å². The molecule has 1 fully saturated rings. The Bertz CT molecular complexity index is 461. The molecule has 0 bridgehead atoms. The summed E-state index contributed by atoms with van der Waals surface area (Å²) in [5.41, 5.74) is 3.37. The molecule has 3 nitrogen and oxygen atoms in total. The number of rotatable bonds is 2. The molecule has 0 radical (unpaired) electrons. The molecular formula is C14H19IN2O. The number of nitrogens with zero attached hydrogens (tertiary/aromatic N) is 2. The number of carbonyl (C=O) groups excluding carboxylic acids is 1. The lowest BCUT2D eigenvalue weighted by atomic mass is 9.93. The molecule has 0 atom stereocenters. The number of hydrogen-bond acceptors (Lipinski definition) is 2. The van der Waals surface area contributed by atoms with Crippen LogP contribution in [-0.2, 0) is 12.8 Å². The van der Waals surface area contributed by atoms with Crippen molar-refractivity contribution in [3.63, 3.8) is 0 Å². The van der Waals surface area contributed by atoms with Gasteiger partial charge in [-0.25, -0.2) is 0 Å². The summed E-state index contributed by atoms with van der Waals surface area (Å²) in [5.74, 6) is 0. The van der Waals surface area contributed by atoms with Crippen molar-refractivity contribution in [2.45, 2.75) is 63.8 Å². The zero-order valence-corrected chi connectivity index (χ0v) is 12.8. The molecular weight excluding hydrogens is 339 g/mol. The predicted octanol–water partition coefficient (Wildman–Crippen LogP) is 3.84. The van der Waals surface area contributed by atoms with Gasteiger partial charge in [0.1, 0.15) is 5.69 Å². The predicted molar refractivity (Wildman–Crippen MR) is 79.3 cm³/mol. The van der Waals surface area contributed by atoms with Gasteiger partial charge in [-0.05, 0) is 38.5 Å². The van der Waals surface area contributed by atoms with E-state index in [0.29, 0.717) is 6.04 Å². The highest BCUT2D eigenvalue weighted by atomic mass is 127. The number of hydrogen-bond donors (Lipinski definition) is 0. The zero-order valence-electron chi connectivity index (χ0n) is 10.6. The first-order chi connectivity index (χ1) is 8.77. The van der Waals surface area contributed by atoms with Crippen LogP contribution in [0, 0.1) is 0 Å². The van der Waals surface area contributed by atoms with Crippen LogP contribution in [0.4, 0.5) is 0 Å². The minimum Gasteiger partial charge on any atom is -0.280 e. The molecule has 1 aromatic rings. The van der Waals surface area contributed by atoms with E-state index in [1.54, 1.807) is 0 Å². The van der Waals surface area contributed by atoms with Gasteiger partial charge in [-0.1, -0.05) is 19.3 Å². The van der Waals surface area contributed by atoms with Gasteiger partial charge in [-0.15, -0.1) is 0 Å². The highest BCUT2D eigenvalue weighted by molar-refractivity contribution is 14.1. The minimum atomic E-state index is 0.111. The Morgan fingerprint density at radius 1 is 1.11 bits per heavy atom. The smallest absolute Gasteiger partial charge is 0.242 e. The van der Waals surface area contributed by atoms with E-state index in [0.717, 1.165) is 18.5 Å². The first kappa shape index (κ1) is 12.6. The lowest BCUT2D eigenvalue weighted by molar-refractivity contribution is 0.110. The van der Waals surface area contributed by atoms with E-state index in [2.05, 4.69) is 9.78 Å². The maximum absolute atomic E-state index is 11.7. The van der Waals surface area contributed by atoms with Crippen molar-refractivity contribution >= 4 is 26.4 Å². The largest absolute Gasteiger partial charge is 0.280 e. The SMILES string of the molecule is O=C(I)c1nn(C2CCCCC2)c2c1CCCC2. The van der Waals surface area contributed by atoms with Gasteiger partial charge in [-0.3, -0.25) is 9.48 Å². The molecule has 1 aromatic heterocycles. The molecule has 0 aromatic carbocycles. The van der Waals surface area contributed by atoms with Crippen molar-refractivity contribution in [2.24, 2.45) is 0 Å². The second kappa shape index (κ2) is 5.31. The van der Waals surface area contributed by atoms with Crippen LogP contribution in [0.15, 0.2) is 0 Å². The number of carbonyl (C=O) groups is 1. The Hall–Kier alpha value is -0.390. The monoisotopic (exact) mass is 358 g/mol. The molecule has 0 unspecified atom stereocenters. The van der Waals surface area contributed by atoms with Gasteiger partial charge in [-0.2, -0.15) is 5.10 Å². The van der Waals surface area contributed by atoms with Gasteiger partial charge in [0.25, 0.3) is 0 Å². The van der Waals surface area contributed by atoms with Crippen LogP contribution >= 0.6 is 22.6 Å². The van der Waals surface area contributed by atoms with Crippen molar-refractivity contribution in [1.82, 2.24) is 9.78 Å². The maximum atomic E-state index is 11.7. The first-order valence-corrected chi connectivity index (χ1v) is 8.15. The van der Waals surface area contributed by atoms with Gasteiger partial charge in [0.05, 0.1) is 6.04 Å². The molecule has 0 N–H and O–H groups in total. The molecule has 0 saturated heterocycles. The summed E-state index contributed by atoms with van der Waals surface area (Å²) >= 11 is 1.88. The maximum Gasteiger partial charge on any atom is 0.242 e. The van der Waals surface area contributed by atoms with Gasteiger partial charge in [0.15, 0.2) is 0 Å². The van der Waals surface area contributed by atoms with Crippen molar-refractivity contribution < 1.29 is 4.79 Å². The molecule has 0 amide bonds. The van der Waals surface area contributed by atoms with Crippen LogP contribution in [0.5, 0.6) is 0 Å². The average Bonchev–Trinajstić information content (AvgIpc) is 2.79. The fourth-order valence-electron chi connectivity index (χ4n) is 3.41. The summed E-state index contributed by atoms with van der Waals surface area (Å²) in [6.45, 7) is 0. The summed E-state index contributed by atoms with van der Waals surface area (Å²) in [6, 6.07) is 0.551. The Kier molecular flexibility index (Phi) is 3.73. The second-order valence-corrected chi connectivity index (χ2v) is 6.47. The van der Waals surface area contributed by atoms with Crippen LogP contribution in [0.25, 0.3) is 0 Å². The third kappa shape index (κ3) is 2.24. The van der Waals surface area contributed by atoms with Crippen molar-refractivity contribution in [1.29, 1.82) is 0 Å². The third-order valence-electron chi connectivity index (χ3n) is 4.32. The van der Waals surface area contributed by atoms with Gasteiger partial charge in [0.2, 0.25) is 3.79 Å². The van der Waals surface area contributed by atoms with Crippen molar-refractivity contribution in [3.05, 3.63) is 17.0 Å². The van der Waals surface area contributed by atoms with Crippen LogP contribution in [-0.4, -0.2) is 13.6 Å². The van der Waals surface area contributed by atoms with E-state index in [4.69, 9.17) is 0 Å². The van der Waals surface area contributed by atoms with E-state index in [1.807, 2.05) is 22.6 Å². The summed E-state index contributed by atoms with van der Waals surface area (Å²) in [7, 11) is 0. The molecule has 0 aliphatic heterocycles. The van der Waals surface area contributed by atoms with Crippen LogP contribution in [0.3, 0.4) is 0 Å². The molecule has 2 aliphatic rings. The van der Waals surface area contributed by atoms with Gasteiger partial charge >= 0.3 is 0 Å². The topological polar surface area (TPSA) is 34.9 Å². The van der Waals surface area contributed by atoms with E-state index < -0.39 is 0 Å². The molecule has 0 spiro atoms. The summed E-state index contributed by atoms with van der Waals surface area (Å²) in [4.78, 5) is 11.7. The fourth-order valence-corrected chi connectivity index (χ4v) is 3.84. The normalized spacial score (nSPS) is 20.7. The highest BCUT2D eigenvalue weighted by Gasteiger charge is 2.27. The van der Waals surface area contributed by atoms with E-state index >= 15 is 0 Å².